The molecule has 0 unspecified atom stereocenters. The van der Waals surface area contributed by atoms with Crippen LogP contribution in [0.5, 0.6) is 0 Å². The van der Waals surface area contributed by atoms with E-state index in [2.05, 4.69) is 25.9 Å². The second-order valence-corrected chi connectivity index (χ2v) is 10.4. The van der Waals surface area contributed by atoms with E-state index in [0.717, 1.165) is 0 Å². The number of hydrogen-bond acceptors (Lipinski definition) is 6. The minimum Gasteiger partial charge on any atom is -0.355 e. The van der Waals surface area contributed by atoms with Crippen LogP contribution in [0.15, 0.2) is 54.7 Å². The van der Waals surface area contributed by atoms with Crippen LogP contribution in [0.3, 0.4) is 0 Å². The first kappa shape index (κ1) is 23.3. The molecule has 168 valence electrons. The number of halogens is 3. The number of rotatable bonds is 6. The van der Waals surface area contributed by atoms with Crippen LogP contribution < -0.4 is 21.3 Å². The molecule has 1 heterocycles. The number of alkyl halides is 3. The summed E-state index contributed by atoms with van der Waals surface area (Å²) in [5, 5.41) is 8.50. The molecule has 0 saturated heterocycles. The highest BCUT2D eigenvalue weighted by atomic mass is 31.2. The fourth-order valence-electron chi connectivity index (χ4n) is 2.84. The van der Waals surface area contributed by atoms with Crippen molar-refractivity contribution in [2.24, 2.45) is 0 Å². The van der Waals surface area contributed by atoms with Crippen molar-refractivity contribution in [1.29, 1.82) is 0 Å². The molecule has 3 aromatic rings. The lowest BCUT2D eigenvalue weighted by molar-refractivity contribution is -0.137. The number of para-hydroxylation sites is 1. The van der Waals surface area contributed by atoms with E-state index < -0.39 is 30.6 Å². The first-order chi connectivity index (χ1) is 15.0. The van der Waals surface area contributed by atoms with Crippen molar-refractivity contribution in [2.45, 2.75) is 6.18 Å². The molecule has 1 aromatic heterocycles. The normalized spacial score (nSPS) is 11.7. The van der Waals surface area contributed by atoms with E-state index in [1.807, 2.05) is 0 Å². The molecule has 0 radical (unpaired) electrons. The number of carbonyl (C=O) groups excluding carboxylic acids is 1. The predicted octanol–water partition coefficient (Wildman–Crippen LogP) is 4.59. The average Bonchev–Trinajstić information content (AvgIpc) is 2.72. The lowest BCUT2D eigenvalue weighted by atomic mass is 10.1. The van der Waals surface area contributed by atoms with Crippen LogP contribution in [0.2, 0.25) is 0 Å². The molecule has 0 fully saturated rings. The molecule has 7 nitrogen and oxygen atoms in total. The standard InChI is InChI=1S/C21H21F3N5O2P/c1-25-19(30)15-9-4-5-10-17(15)28-18-16(21(22,23)24)12-26-20(29-18)27-13-7-6-8-14(11-13)32(2,3)31/h4-12H,1-3H3,(H,25,30)(H2,26,27,28,29). The molecule has 0 aliphatic carbocycles. The third kappa shape index (κ3) is 5.45. The number of nitrogens with one attached hydrogen (secondary N) is 3. The highest BCUT2D eigenvalue weighted by Gasteiger charge is 2.35. The van der Waals surface area contributed by atoms with Crippen molar-refractivity contribution < 1.29 is 22.5 Å². The molecule has 3 N–H and O–H groups in total. The van der Waals surface area contributed by atoms with E-state index in [4.69, 9.17) is 0 Å². The summed E-state index contributed by atoms with van der Waals surface area (Å²) in [7, 11) is -1.11. The molecule has 2 aromatic carbocycles. The molecule has 1 amide bonds. The number of amides is 1. The van der Waals surface area contributed by atoms with Crippen LogP contribution in [0, 0.1) is 0 Å². The molecule has 0 spiro atoms. The fraction of sp³-hybridized carbons (Fsp3) is 0.190. The van der Waals surface area contributed by atoms with Crippen LogP contribution in [-0.4, -0.2) is 36.3 Å². The average molecular weight is 463 g/mol. The largest absolute Gasteiger partial charge is 0.421 e. The molecular formula is C21H21F3N5O2P. The zero-order valence-corrected chi connectivity index (χ0v) is 18.4. The first-order valence-electron chi connectivity index (χ1n) is 9.44. The van der Waals surface area contributed by atoms with Gasteiger partial charge in [0, 0.05) is 24.2 Å². The minimum absolute atomic E-state index is 0.0999. The van der Waals surface area contributed by atoms with Gasteiger partial charge in [-0.1, -0.05) is 24.3 Å². The maximum Gasteiger partial charge on any atom is 0.421 e. The number of nitrogens with zero attached hydrogens (tertiary/aromatic N) is 2. The highest BCUT2D eigenvalue weighted by molar-refractivity contribution is 7.70. The summed E-state index contributed by atoms with van der Waals surface area (Å²) in [5.74, 6) is -1.08. The van der Waals surface area contributed by atoms with Gasteiger partial charge in [-0.2, -0.15) is 18.2 Å². The Hall–Kier alpha value is -3.39. The molecule has 32 heavy (non-hydrogen) atoms. The maximum atomic E-state index is 13.6. The van der Waals surface area contributed by atoms with E-state index in [-0.39, 0.29) is 17.2 Å². The van der Waals surface area contributed by atoms with Crippen LogP contribution >= 0.6 is 7.14 Å². The van der Waals surface area contributed by atoms with Gasteiger partial charge in [-0.25, -0.2) is 4.98 Å². The van der Waals surface area contributed by atoms with Crippen molar-refractivity contribution in [2.75, 3.05) is 31.0 Å². The third-order valence-electron chi connectivity index (χ3n) is 4.47. The van der Waals surface area contributed by atoms with Gasteiger partial charge in [-0.3, -0.25) is 4.79 Å². The second-order valence-electron chi connectivity index (χ2n) is 7.23. The van der Waals surface area contributed by atoms with Crippen molar-refractivity contribution in [3.05, 3.63) is 65.9 Å². The zero-order chi connectivity index (χ0) is 23.5. The second kappa shape index (κ2) is 9.00. The molecule has 0 bridgehead atoms. The van der Waals surface area contributed by atoms with Gasteiger partial charge in [-0.05, 0) is 37.6 Å². The number of aromatic nitrogens is 2. The van der Waals surface area contributed by atoms with Crippen molar-refractivity contribution in [3.8, 4) is 0 Å². The maximum absolute atomic E-state index is 13.6. The summed E-state index contributed by atoms with van der Waals surface area (Å²) in [6.45, 7) is 3.24. The Morgan fingerprint density at radius 3 is 2.41 bits per heavy atom. The Morgan fingerprint density at radius 1 is 1.03 bits per heavy atom. The lowest BCUT2D eigenvalue weighted by Crippen LogP contribution is -2.20. The van der Waals surface area contributed by atoms with Gasteiger partial charge in [0.2, 0.25) is 5.95 Å². The Morgan fingerprint density at radius 2 is 1.75 bits per heavy atom. The van der Waals surface area contributed by atoms with E-state index in [9.17, 15) is 22.5 Å². The summed E-state index contributed by atoms with van der Waals surface area (Å²) < 4.78 is 53.0. The van der Waals surface area contributed by atoms with Crippen LogP contribution in [0.25, 0.3) is 0 Å². The SMILES string of the molecule is CNC(=O)c1ccccc1Nc1nc(Nc2cccc(P(C)(C)=O)c2)ncc1C(F)(F)F. The number of benzene rings is 2. The molecule has 0 atom stereocenters. The molecule has 0 aliphatic rings. The number of hydrogen-bond donors (Lipinski definition) is 3. The van der Waals surface area contributed by atoms with E-state index in [0.29, 0.717) is 17.2 Å². The van der Waals surface area contributed by atoms with Crippen LogP contribution in [0.4, 0.5) is 36.3 Å². The van der Waals surface area contributed by atoms with Gasteiger partial charge in [0.1, 0.15) is 18.5 Å². The van der Waals surface area contributed by atoms with E-state index in [1.165, 1.54) is 19.2 Å². The summed E-state index contributed by atoms with van der Waals surface area (Å²) in [5.41, 5.74) is -0.300. The molecular weight excluding hydrogens is 442 g/mol. The van der Waals surface area contributed by atoms with Gasteiger partial charge in [-0.15, -0.1) is 0 Å². The van der Waals surface area contributed by atoms with E-state index >= 15 is 0 Å². The number of carbonyl (C=O) groups is 1. The highest BCUT2D eigenvalue weighted by Crippen LogP contribution is 2.37. The van der Waals surface area contributed by atoms with Gasteiger partial charge in [0.25, 0.3) is 5.91 Å². The topological polar surface area (TPSA) is 96.0 Å². The van der Waals surface area contributed by atoms with Crippen LogP contribution in [-0.2, 0) is 10.7 Å². The van der Waals surface area contributed by atoms with Crippen LogP contribution in [0.1, 0.15) is 15.9 Å². The molecule has 0 aliphatic heterocycles. The Kier molecular flexibility index (Phi) is 6.55. The quantitative estimate of drug-likeness (QED) is 0.463. The summed E-state index contributed by atoms with van der Waals surface area (Å²) >= 11 is 0. The minimum atomic E-state index is -4.72. The zero-order valence-electron chi connectivity index (χ0n) is 17.5. The van der Waals surface area contributed by atoms with Crippen molar-refractivity contribution in [3.63, 3.8) is 0 Å². The number of anilines is 4. The van der Waals surface area contributed by atoms with Crippen molar-refractivity contribution >= 4 is 41.5 Å². The summed E-state index contributed by atoms with van der Waals surface area (Å²) in [4.78, 5) is 19.9. The Labute approximate surface area is 182 Å². The van der Waals surface area contributed by atoms with E-state index in [1.54, 1.807) is 49.7 Å². The Bertz CT molecular complexity index is 1190. The first-order valence-corrected chi connectivity index (χ1v) is 12.0. The van der Waals surface area contributed by atoms with Gasteiger partial charge in [0.05, 0.1) is 11.3 Å². The van der Waals surface area contributed by atoms with Gasteiger partial charge >= 0.3 is 6.18 Å². The summed E-state index contributed by atoms with van der Waals surface area (Å²) in [6, 6.07) is 12.8. The fourth-order valence-corrected chi connectivity index (χ4v) is 3.74. The Balaban J connectivity index is 2.01. The predicted molar refractivity (Wildman–Crippen MR) is 119 cm³/mol. The van der Waals surface area contributed by atoms with Gasteiger partial charge < -0.3 is 20.5 Å². The lowest BCUT2D eigenvalue weighted by Gasteiger charge is -2.16. The molecule has 0 saturated carbocycles. The third-order valence-corrected chi connectivity index (χ3v) is 5.99. The van der Waals surface area contributed by atoms with Crippen molar-refractivity contribution in [1.82, 2.24) is 15.3 Å². The monoisotopic (exact) mass is 463 g/mol. The smallest absolute Gasteiger partial charge is 0.355 e. The summed E-state index contributed by atoms with van der Waals surface area (Å²) in [6.07, 6.45) is -4.06. The van der Waals surface area contributed by atoms with Gasteiger partial charge in [0.15, 0.2) is 0 Å². The molecule has 3 rings (SSSR count). The molecule has 11 heteroatoms.